The van der Waals surface area contributed by atoms with Gasteiger partial charge in [0, 0.05) is 50.4 Å². The van der Waals surface area contributed by atoms with Gasteiger partial charge >= 0.3 is 0 Å². The molecule has 4 heterocycles. The lowest BCUT2D eigenvalue weighted by molar-refractivity contribution is 0.0665. The van der Waals surface area contributed by atoms with Crippen molar-refractivity contribution in [2.24, 2.45) is 7.05 Å². The van der Waals surface area contributed by atoms with Gasteiger partial charge in [-0.1, -0.05) is 6.07 Å². The van der Waals surface area contributed by atoms with Gasteiger partial charge in [-0.2, -0.15) is 5.10 Å². The molecule has 0 spiro atoms. The van der Waals surface area contributed by atoms with E-state index in [9.17, 15) is 4.79 Å². The highest BCUT2D eigenvalue weighted by Gasteiger charge is 2.28. The molecule has 7 heteroatoms. The van der Waals surface area contributed by atoms with Gasteiger partial charge in [0.25, 0.3) is 5.91 Å². The largest absolute Gasteiger partial charge is 0.478 e. The fraction of sp³-hybridized carbons (Fsp3) is 0.316. The number of carbonyl (C=O) groups is 1. The molecule has 134 valence electrons. The summed E-state index contributed by atoms with van der Waals surface area (Å²) in [5.41, 5.74) is 1.76. The third-order valence-corrected chi connectivity index (χ3v) is 4.62. The quantitative estimate of drug-likeness (QED) is 0.707. The first-order chi connectivity index (χ1) is 12.7. The van der Waals surface area contributed by atoms with Crippen LogP contribution in [0.1, 0.15) is 28.5 Å². The van der Waals surface area contributed by atoms with E-state index in [0.29, 0.717) is 31.1 Å². The topological polar surface area (TPSA) is 65.2 Å². The third kappa shape index (κ3) is 3.33. The smallest absolute Gasteiger partial charge is 0.257 e. The van der Waals surface area contributed by atoms with Gasteiger partial charge < -0.3 is 14.2 Å². The fourth-order valence-electron chi connectivity index (χ4n) is 3.35. The number of nitrogens with zero attached hydrogens (tertiary/aromatic N) is 5. The van der Waals surface area contributed by atoms with Gasteiger partial charge in [-0.05, 0) is 18.2 Å². The van der Waals surface area contributed by atoms with E-state index < -0.39 is 0 Å². The van der Waals surface area contributed by atoms with E-state index in [-0.39, 0.29) is 11.9 Å². The summed E-state index contributed by atoms with van der Waals surface area (Å²) in [5, 5.41) is 4.11. The van der Waals surface area contributed by atoms with Crippen LogP contribution in [0, 0.1) is 0 Å². The number of hydrogen-bond donors (Lipinski definition) is 0. The Morgan fingerprint density at radius 3 is 3.00 bits per heavy atom. The predicted octanol–water partition coefficient (Wildman–Crippen LogP) is 2.28. The van der Waals surface area contributed by atoms with Gasteiger partial charge in [-0.3, -0.25) is 9.48 Å². The van der Waals surface area contributed by atoms with Gasteiger partial charge in [0.1, 0.15) is 0 Å². The lowest BCUT2D eigenvalue weighted by atomic mass is 10.1. The van der Waals surface area contributed by atoms with E-state index in [1.807, 2.05) is 36.2 Å². The van der Waals surface area contributed by atoms with Gasteiger partial charge in [-0.25, -0.2) is 4.98 Å². The third-order valence-electron chi connectivity index (χ3n) is 4.62. The normalized spacial score (nSPS) is 16.3. The van der Waals surface area contributed by atoms with E-state index in [0.717, 1.165) is 12.1 Å². The number of fused-ring (bicyclic) bond motifs is 1. The van der Waals surface area contributed by atoms with Gasteiger partial charge in [-0.15, -0.1) is 0 Å². The number of ether oxygens (including phenoxy) is 1. The van der Waals surface area contributed by atoms with Crippen LogP contribution in [-0.4, -0.2) is 43.3 Å². The molecular weight excluding hydrogens is 330 g/mol. The summed E-state index contributed by atoms with van der Waals surface area (Å²) in [7, 11) is 1.82. The van der Waals surface area contributed by atoms with E-state index >= 15 is 0 Å². The summed E-state index contributed by atoms with van der Waals surface area (Å²) in [6.07, 6.45) is 7.97. The predicted molar refractivity (Wildman–Crippen MR) is 95.8 cm³/mol. The van der Waals surface area contributed by atoms with Crippen LogP contribution >= 0.6 is 0 Å². The maximum atomic E-state index is 12.8. The SMILES string of the molecule is Cn1cc(C(=O)N2Cc3cccn3[C@@H](CCOc3ccccn3)C2)cn1. The molecule has 1 aliphatic heterocycles. The molecule has 0 unspecified atom stereocenters. The molecule has 0 aromatic carbocycles. The van der Waals surface area contributed by atoms with Crippen LogP contribution in [0.15, 0.2) is 55.1 Å². The molecule has 0 saturated heterocycles. The second-order valence-corrected chi connectivity index (χ2v) is 6.45. The molecule has 0 fully saturated rings. The number of carbonyl (C=O) groups excluding carboxylic acids is 1. The average molecular weight is 351 g/mol. The molecule has 1 aliphatic rings. The minimum Gasteiger partial charge on any atom is -0.478 e. The van der Waals surface area contributed by atoms with Crippen LogP contribution in [0.25, 0.3) is 0 Å². The van der Waals surface area contributed by atoms with Crippen molar-refractivity contribution < 1.29 is 9.53 Å². The molecule has 0 bridgehead atoms. The summed E-state index contributed by atoms with van der Waals surface area (Å²) < 4.78 is 9.64. The number of aromatic nitrogens is 4. The van der Waals surface area contributed by atoms with Crippen molar-refractivity contribution in [3.63, 3.8) is 0 Å². The molecule has 3 aromatic heterocycles. The van der Waals surface area contributed by atoms with Crippen LogP contribution in [0.3, 0.4) is 0 Å². The van der Waals surface area contributed by atoms with E-state index in [4.69, 9.17) is 4.74 Å². The van der Waals surface area contributed by atoms with E-state index in [2.05, 4.69) is 26.9 Å². The van der Waals surface area contributed by atoms with Crippen LogP contribution in [0.2, 0.25) is 0 Å². The lowest BCUT2D eigenvalue weighted by Gasteiger charge is -2.35. The zero-order valence-electron chi connectivity index (χ0n) is 14.7. The van der Waals surface area contributed by atoms with Crippen LogP contribution in [-0.2, 0) is 13.6 Å². The Balaban J connectivity index is 1.45. The second-order valence-electron chi connectivity index (χ2n) is 6.45. The molecule has 4 rings (SSSR count). The highest BCUT2D eigenvalue weighted by atomic mass is 16.5. The Morgan fingerprint density at radius 1 is 1.31 bits per heavy atom. The molecule has 3 aromatic rings. The molecule has 0 N–H and O–H groups in total. The summed E-state index contributed by atoms with van der Waals surface area (Å²) >= 11 is 0. The Bertz CT molecular complexity index is 886. The van der Waals surface area contributed by atoms with E-state index in [1.54, 1.807) is 23.3 Å². The van der Waals surface area contributed by atoms with Crippen LogP contribution in [0.5, 0.6) is 5.88 Å². The van der Waals surface area contributed by atoms with Crippen LogP contribution < -0.4 is 4.74 Å². The molecule has 26 heavy (non-hydrogen) atoms. The molecule has 7 nitrogen and oxygen atoms in total. The molecule has 1 atom stereocenters. The minimum absolute atomic E-state index is 0.0150. The Kier molecular flexibility index (Phi) is 4.43. The zero-order chi connectivity index (χ0) is 17.9. The molecule has 0 saturated carbocycles. The van der Waals surface area contributed by atoms with Gasteiger partial charge in [0.2, 0.25) is 5.88 Å². The number of rotatable bonds is 5. The first kappa shape index (κ1) is 16.4. The first-order valence-corrected chi connectivity index (χ1v) is 8.68. The van der Waals surface area contributed by atoms with Crippen molar-refractivity contribution in [3.8, 4) is 5.88 Å². The number of aryl methyl sites for hydroxylation is 1. The molecule has 0 radical (unpaired) electrons. The maximum Gasteiger partial charge on any atom is 0.257 e. The number of pyridine rings is 1. The highest BCUT2D eigenvalue weighted by Crippen LogP contribution is 2.26. The van der Waals surface area contributed by atoms with Gasteiger partial charge in [0.05, 0.1) is 31.0 Å². The fourth-order valence-corrected chi connectivity index (χ4v) is 3.35. The summed E-state index contributed by atoms with van der Waals surface area (Å²) in [6.45, 7) is 1.81. The maximum absolute atomic E-state index is 12.8. The number of hydrogen-bond acceptors (Lipinski definition) is 4. The van der Waals surface area contributed by atoms with Crippen molar-refractivity contribution in [1.29, 1.82) is 0 Å². The summed E-state index contributed by atoms with van der Waals surface area (Å²) in [4.78, 5) is 18.9. The van der Waals surface area contributed by atoms with Gasteiger partial charge in [0.15, 0.2) is 0 Å². The van der Waals surface area contributed by atoms with Crippen molar-refractivity contribution in [3.05, 3.63) is 66.4 Å². The molecular formula is C19H21N5O2. The van der Waals surface area contributed by atoms with E-state index in [1.165, 1.54) is 0 Å². The first-order valence-electron chi connectivity index (χ1n) is 8.68. The standard InChI is InChI=1S/C19H21N5O2/c1-22-12-15(11-21-22)19(25)23-13-16-5-4-9-24(16)17(14-23)7-10-26-18-6-2-3-8-20-18/h2-6,8-9,11-12,17H,7,10,13-14H2,1H3/t17-/m0/s1. The molecule has 0 aliphatic carbocycles. The highest BCUT2D eigenvalue weighted by molar-refractivity contribution is 5.93. The lowest BCUT2D eigenvalue weighted by Crippen LogP contribution is -2.41. The Hall–Kier alpha value is -3.09. The number of amides is 1. The Morgan fingerprint density at radius 2 is 2.23 bits per heavy atom. The average Bonchev–Trinajstić information content (AvgIpc) is 3.30. The monoisotopic (exact) mass is 351 g/mol. The minimum atomic E-state index is 0.0150. The summed E-state index contributed by atoms with van der Waals surface area (Å²) in [6, 6.07) is 9.89. The molecule has 1 amide bonds. The summed E-state index contributed by atoms with van der Waals surface area (Å²) in [5.74, 6) is 0.639. The van der Waals surface area contributed by atoms with Crippen molar-refractivity contribution >= 4 is 5.91 Å². The van der Waals surface area contributed by atoms with Crippen molar-refractivity contribution in [2.75, 3.05) is 13.2 Å². The zero-order valence-corrected chi connectivity index (χ0v) is 14.7. The van der Waals surface area contributed by atoms with Crippen molar-refractivity contribution in [1.82, 2.24) is 24.2 Å². The second kappa shape index (κ2) is 7.03. The Labute approximate surface area is 151 Å². The van der Waals surface area contributed by atoms with Crippen molar-refractivity contribution in [2.45, 2.75) is 19.0 Å². The van der Waals surface area contributed by atoms with Crippen LogP contribution in [0.4, 0.5) is 0 Å².